The molecule has 4 aromatic rings. The molecule has 0 spiro atoms. The number of likely N-dealkylation sites (tertiary alicyclic amines) is 1. The van der Waals surface area contributed by atoms with Gasteiger partial charge in [0.05, 0.1) is 28.8 Å². The third-order valence-electron chi connectivity index (χ3n) is 4.93. The molecule has 6 nitrogen and oxygen atoms in total. The minimum Gasteiger partial charge on any atom is -0.340 e. The highest BCUT2D eigenvalue weighted by molar-refractivity contribution is 5.93. The molecule has 1 atom stereocenters. The molecule has 1 saturated heterocycles. The number of benzene rings is 1. The first-order chi connectivity index (χ1) is 12.7. The fourth-order valence-corrected chi connectivity index (χ4v) is 3.71. The standard InChI is InChI=1S/C19H16FN5O/c20-12-6-7-14-15(11-12)23-18(22-14)16-5-2-10-24(16)19(26)17-4-1-3-13-8-9-21-25(13)17/h1,3-4,6-9,11,16H,2,5,10H2,(H,22,23). The number of amides is 1. The molecule has 1 aromatic carbocycles. The average Bonchev–Trinajstić information content (AvgIpc) is 3.37. The zero-order valence-corrected chi connectivity index (χ0v) is 13.9. The van der Waals surface area contributed by atoms with E-state index in [1.807, 2.05) is 23.1 Å². The van der Waals surface area contributed by atoms with E-state index in [4.69, 9.17) is 0 Å². The molecular weight excluding hydrogens is 333 g/mol. The van der Waals surface area contributed by atoms with Crippen molar-refractivity contribution >= 4 is 22.5 Å². The number of H-pyrrole nitrogens is 1. The third-order valence-corrected chi connectivity index (χ3v) is 4.93. The van der Waals surface area contributed by atoms with Crippen LogP contribution in [0.15, 0.2) is 48.7 Å². The third kappa shape index (κ3) is 2.28. The zero-order chi connectivity index (χ0) is 17.7. The van der Waals surface area contributed by atoms with Gasteiger partial charge in [0.2, 0.25) is 0 Å². The average molecular weight is 349 g/mol. The Morgan fingerprint density at radius 3 is 3.08 bits per heavy atom. The first-order valence-corrected chi connectivity index (χ1v) is 8.59. The SMILES string of the molecule is O=C(c1cccc2ccnn12)N1CCCC1c1nc2ccc(F)cc2[nH]1. The predicted molar refractivity (Wildman–Crippen MR) is 94.3 cm³/mol. The van der Waals surface area contributed by atoms with Gasteiger partial charge in [-0.3, -0.25) is 4.79 Å². The topological polar surface area (TPSA) is 66.3 Å². The molecule has 1 aliphatic rings. The number of fused-ring (bicyclic) bond motifs is 2. The Morgan fingerprint density at radius 2 is 2.15 bits per heavy atom. The number of aromatic nitrogens is 4. The molecule has 3 aromatic heterocycles. The van der Waals surface area contributed by atoms with Crippen LogP contribution in [0.2, 0.25) is 0 Å². The van der Waals surface area contributed by atoms with Crippen molar-refractivity contribution in [1.29, 1.82) is 0 Å². The molecule has 1 aliphatic heterocycles. The maximum atomic E-state index is 13.4. The molecule has 4 heterocycles. The lowest BCUT2D eigenvalue weighted by molar-refractivity contribution is 0.0721. The summed E-state index contributed by atoms with van der Waals surface area (Å²) in [5, 5.41) is 4.26. The minimum absolute atomic E-state index is 0.0755. The van der Waals surface area contributed by atoms with Crippen LogP contribution in [0.1, 0.15) is 35.2 Å². The summed E-state index contributed by atoms with van der Waals surface area (Å²) in [7, 11) is 0. The number of pyridine rings is 1. The van der Waals surface area contributed by atoms with Crippen LogP contribution in [-0.4, -0.2) is 36.9 Å². The lowest BCUT2D eigenvalue weighted by atomic mass is 10.2. The molecule has 5 rings (SSSR count). The van der Waals surface area contributed by atoms with Crippen LogP contribution in [0.4, 0.5) is 4.39 Å². The summed E-state index contributed by atoms with van der Waals surface area (Å²) in [4.78, 5) is 22.8. The Morgan fingerprint density at radius 1 is 1.23 bits per heavy atom. The van der Waals surface area contributed by atoms with Gasteiger partial charge in [0.1, 0.15) is 17.3 Å². The number of nitrogens with zero attached hydrogens (tertiary/aromatic N) is 4. The molecule has 0 radical (unpaired) electrons. The summed E-state index contributed by atoms with van der Waals surface area (Å²) in [5.74, 6) is 0.315. The fourth-order valence-electron chi connectivity index (χ4n) is 3.71. The molecule has 1 amide bonds. The van der Waals surface area contributed by atoms with Gasteiger partial charge >= 0.3 is 0 Å². The highest BCUT2D eigenvalue weighted by Crippen LogP contribution is 2.32. The lowest BCUT2D eigenvalue weighted by Gasteiger charge is -2.23. The molecule has 26 heavy (non-hydrogen) atoms. The number of aromatic amines is 1. The maximum absolute atomic E-state index is 13.4. The van der Waals surface area contributed by atoms with Crippen LogP contribution >= 0.6 is 0 Å². The monoisotopic (exact) mass is 349 g/mol. The molecule has 0 bridgehead atoms. The Labute approximate surface area is 148 Å². The summed E-state index contributed by atoms with van der Waals surface area (Å²) in [6.07, 6.45) is 3.40. The van der Waals surface area contributed by atoms with Crippen molar-refractivity contribution in [2.75, 3.05) is 6.54 Å². The van der Waals surface area contributed by atoms with Crippen LogP contribution < -0.4 is 0 Å². The van der Waals surface area contributed by atoms with Gasteiger partial charge in [-0.2, -0.15) is 5.10 Å². The molecule has 0 aliphatic carbocycles. The molecular formula is C19H16FN5O. The molecule has 1 unspecified atom stereocenters. The summed E-state index contributed by atoms with van der Waals surface area (Å²) in [5.41, 5.74) is 2.76. The van der Waals surface area contributed by atoms with E-state index in [1.165, 1.54) is 12.1 Å². The van der Waals surface area contributed by atoms with Crippen LogP contribution in [0, 0.1) is 5.82 Å². The van der Waals surface area contributed by atoms with Gasteiger partial charge in [0.25, 0.3) is 5.91 Å². The summed E-state index contributed by atoms with van der Waals surface area (Å²) in [6.45, 7) is 0.659. The van der Waals surface area contributed by atoms with Gasteiger partial charge in [0, 0.05) is 6.54 Å². The van der Waals surface area contributed by atoms with E-state index in [1.54, 1.807) is 22.8 Å². The molecule has 7 heteroatoms. The van der Waals surface area contributed by atoms with Gasteiger partial charge in [-0.15, -0.1) is 0 Å². The van der Waals surface area contributed by atoms with Gasteiger partial charge in [0.15, 0.2) is 0 Å². The van der Waals surface area contributed by atoms with E-state index in [2.05, 4.69) is 15.1 Å². The van der Waals surface area contributed by atoms with Crippen LogP contribution in [0.3, 0.4) is 0 Å². The smallest absolute Gasteiger partial charge is 0.273 e. The number of hydrogen-bond acceptors (Lipinski definition) is 3. The number of halogens is 1. The molecule has 1 N–H and O–H groups in total. The Kier molecular flexibility index (Phi) is 3.28. The van der Waals surface area contributed by atoms with Crippen molar-refractivity contribution in [2.45, 2.75) is 18.9 Å². The number of carbonyl (C=O) groups excluding carboxylic acids is 1. The van der Waals surface area contributed by atoms with E-state index in [0.717, 1.165) is 18.4 Å². The molecule has 130 valence electrons. The lowest BCUT2D eigenvalue weighted by Crippen LogP contribution is -2.32. The summed E-state index contributed by atoms with van der Waals surface area (Å²) < 4.78 is 15.1. The van der Waals surface area contributed by atoms with Crippen LogP contribution in [0.25, 0.3) is 16.6 Å². The van der Waals surface area contributed by atoms with Crippen molar-refractivity contribution in [1.82, 2.24) is 24.5 Å². The highest BCUT2D eigenvalue weighted by atomic mass is 19.1. The predicted octanol–water partition coefficient (Wildman–Crippen LogP) is 3.33. The van der Waals surface area contributed by atoms with Gasteiger partial charge in [-0.05, 0) is 49.2 Å². The van der Waals surface area contributed by atoms with E-state index in [-0.39, 0.29) is 17.8 Å². The molecule has 0 saturated carbocycles. The van der Waals surface area contributed by atoms with Crippen LogP contribution in [0.5, 0.6) is 0 Å². The Balaban J connectivity index is 1.53. The Bertz CT molecular complexity index is 1130. The number of carbonyl (C=O) groups is 1. The second-order valence-electron chi connectivity index (χ2n) is 6.52. The van der Waals surface area contributed by atoms with Crippen molar-refractivity contribution < 1.29 is 9.18 Å². The number of rotatable bonds is 2. The van der Waals surface area contributed by atoms with Gasteiger partial charge < -0.3 is 9.88 Å². The van der Waals surface area contributed by atoms with E-state index < -0.39 is 0 Å². The minimum atomic E-state index is -0.308. The largest absolute Gasteiger partial charge is 0.340 e. The van der Waals surface area contributed by atoms with Crippen molar-refractivity contribution in [2.24, 2.45) is 0 Å². The van der Waals surface area contributed by atoms with E-state index in [0.29, 0.717) is 29.1 Å². The molecule has 1 fully saturated rings. The van der Waals surface area contributed by atoms with E-state index in [9.17, 15) is 9.18 Å². The highest BCUT2D eigenvalue weighted by Gasteiger charge is 2.33. The normalized spacial score (nSPS) is 17.4. The second-order valence-corrected chi connectivity index (χ2v) is 6.52. The first-order valence-electron chi connectivity index (χ1n) is 8.59. The van der Waals surface area contributed by atoms with E-state index >= 15 is 0 Å². The van der Waals surface area contributed by atoms with Crippen molar-refractivity contribution in [3.63, 3.8) is 0 Å². The Hall–Kier alpha value is -3.22. The number of imidazole rings is 1. The maximum Gasteiger partial charge on any atom is 0.273 e. The second kappa shape index (κ2) is 5.66. The summed E-state index contributed by atoms with van der Waals surface area (Å²) >= 11 is 0. The van der Waals surface area contributed by atoms with Gasteiger partial charge in [-0.25, -0.2) is 13.9 Å². The van der Waals surface area contributed by atoms with Crippen molar-refractivity contribution in [3.8, 4) is 0 Å². The van der Waals surface area contributed by atoms with Crippen molar-refractivity contribution in [3.05, 3.63) is 66.0 Å². The first kappa shape index (κ1) is 15.1. The van der Waals surface area contributed by atoms with Gasteiger partial charge in [-0.1, -0.05) is 6.07 Å². The number of hydrogen-bond donors (Lipinski definition) is 1. The zero-order valence-electron chi connectivity index (χ0n) is 13.9. The quantitative estimate of drug-likeness (QED) is 0.604. The fraction of sp³-hybridized carbons (Fsp3) is 0.211. The number of nitrogens with one attached hydrogen (secondary N) is 1. The summed E-state index contributed by atoms with van der Waals surface area (Å²) in [6, 6.07) is 11.7. The van der Waals surface area contributed by atoms with Crippen LogP contribution in [-0.2, 0) is 0 Å².